The second kappa shape index (κ2) is 6.36. The fraction of sp³-hybridized carbons (Fsp3) is 0.500. The molecule has 0 aliphatic heterocycles. The largest absolute Gasteiger partial charge is 0.352 e. The van der Waals surface area contributed by atoms with Crippen LogP contribution in [-0.4, -0.2) is 32.2 Å². The fourth-order valence-electron chi connectivity index (χ4n) is 2.56. The van der Waals surface area contributed by atoms with Crippen molar-refractivity contribution in [1.29, 1.82) is 0 Å². The molecule has 7 heteroatoms. The van der Waals surface area contributed by atoms with Crippen molar-refractivity contribution >= 4 is 5.91 Å². The maximum absolute atomic E-state index is 12.1. The van der Waals surface area contributed by atoms with Crippen molar-refractivity contribution in [2.75, 3.05) is 6.54 Å². The van der Waals surface area contributed by atoms with Gasteiger partial charge in [-0.2, -0.15) is 5.10 Å². The average molecular weight is 315 g/mol. The second-order valence-corrected chi connectivity index (χ2v) is 6.05. The Morgan fingerprint density at radius 3 is 2.83 bits per heavy atom. The number of carbonyl (C=O) groups is 1. The van der Waals surface area contributed by atoms with E-state index in [2.05, 4.69) is 20.4 Å². The summed E-state index contributed by atoms with van der Waals surface area (Å²) in [7, 11) is 0. The minimum absolute atomic E-state index is 0.0699. The van der Waals surface area contributed by atoms with E-state index in [1.165, 1.54) is 6.20 Å². The van der Waals surface area contributed by atoms with E-state index in [0.29, 0.717) is 18.3 Å². The molecule has 1 saturated carbocycles. The van der Waals surface area contributed by atoms with Crippen molar-refractivity contribution in [3.05, 3.63) is 45.4 Å². The number of H-pyrrole nitrogens is 1. The monoisotopic (exact) mass is 315 g/mol. The van der Waals surface area contributed by atoms with E-state index < -0.39 is 0 Å². The first-order chi connectivity index (χ1) is 11.0. The predicted octanol–water partition coefficient (Wildman–Crippen LogP) is 1.28. The highest BCUT2D eigenvalue weighted by molar-refractivity contribution is 5.93. The summed E-state index contributed by atoms with van der Waals surface area (Å²) in [4.78, 5) is 30.9. The number of nitrogens with zero attached hydrogens (tertiary/aromatic N) is 3. The summed E-state index contributed by atoms with van der Waals surface area (Å²) >= 11 is 0. The Hall–Kier alpha value is -2.44. The molecule has 1 aliphatic carbocycles. The molecule has 23 heavy (non-hydrogen) atoms. The van der Waals surface area contributed by atoms with Crippen molar-refractivity contribution in [2.24, 2.45) is 0 Å². The van der Waals surface area contributed by atoms with Crippen LogP contribution in [0, 0.1) is 13.8 Å². The van der Waals surface area contributed by atoms with Gasteiger partial charge >= 0.3 is 0 Å². The summed E-state index contributed by atoms with van der Waals surface area (Å²) in [6.07, 6.45) is 4.24. The highest BCUT2D eigenvalue weighted by Crippen LogP contribution is 2.37. The van der Waals surface area contributed by atoms with Gasteiger partial charge in [0, 0.05) is 30.9 Å². The first kappa shape index (κ1) is 15.5. The number of carbonyl (C=O) groups excluding carboxylic acids is 1. The van der Waals surface area contributed by atoms with Crippen molar-refractivity contribution in [3.63, 3.8) is 0 Å². The van der Waals surface area contributed by atoms with Crippen molar-refractivity contribution in [1.82, 2.24) is 25.1 Å². The number of aromatic nitrogens is 4. The summed E-state index contributed by atoms with van der Waals surface area (Å²) in [5.74, 6) is 0.672. The maximum atomic E-state index is 12.1. The van der Waals surface area contributed by atoms with Gasteiger partial charge in [0.15, 0.2) is 0 Å². The van der Waals surface area contributed by atoms with Crippen LogP contribution in [0.5, 0.6) is 0 Å². The molecule has 2 aromatic heterocycles. The van der Waals surface area contributed by atoms with Crippen molar-refractivity contribution < 1.29 is 4.79 Å². The second-order valence-electron chi connectivity index (χ2n) is 6.05. The van der Waals surface area contributed by atoms with Gasteiger partial charge in [0.25, 0.3) is 11.5 Å². The Labute approximate surface area is 134 Å². The first-order valence-electron chi connectivity index (χ1n) is 7.93. The lowest BCUT2D eigenvalue weighted by Crippen LogP contribution is -2.31. The zero-order valence-electron chi connectivity index (χ0n) is 13.4. The third-order valence-electron chi connectivity index (χ3n) is 3.96. The maximum Gasteiger partial charge on any atom is 0.263 e. The molecular weight excluding hydrogens is 294 g/mol. The van der Waals surface area contributed by atoms with E-state index in [1.807, 2.05) is 24.6 Å². The molecular formula is C16H21N5O2. The molecule has 1 fully saturated rings. The predicted molar refractivity (Wildman–Crippen MR) is 85.5 cm³/mol. The minimum Gasteiger partial charge on any atom is -0.352 e. The summed E-state index contributed by atoms with van der Waals surface area (Å²) in [6.45, 7) is 5.18. The van der Waals surface area contributed by atoms with E-state index in [1.54, 1.807) is 0 Å². The lowest BCUT2D eigenvalue weighted by atomic mass is 10.3. The van der Waals surface area contributed by atoms with Crippen LogP contribution in [0.4, 0.5) is 0 Å². The van der Waals surface area contributed by atoms with E-state index in [4.69, 9.17) is 0 Å². The quantitative estimate of drug-likeness (QED) is 0.785. The van der Waals surface area contributed by atoms with E-state index in [0.717, 1.165) is 37.2 Å². The third-order valence-corrected chi connectivity index (χ3v) is 3.96. The molecule has 3 rings (SSSR count). The molecule has 0 aromatic carbocycles. The zero-order valence-corrected chi connectivity index (χ0v) is 13.4. The Bertz CT molecular complexity index is 773. The van der Waals surface area contributed by atoms with Gasteiger partial charge in [-0.15, -0.1) is 0 Å². The molecule has 1 aliphatic rings. The van der Waals surface area contributed by atoms with Crippen molar-refractivity contribution in [2.45, 2.75) is 45.6 Å². The van der Waals surface area contributed by atoms with Crippen LogP contribution in [0.2, 0.25) is 0 Å². The molecule has 2 aromatic rings. The van der Waals surface area contributed by atoms with Gasteiger partial charge in [-0.1, -0.05) is 0 Å². The molecule has 0 unspecified atom stereocenters. The number of hydrogen-bond donors (Lipinski definition) is 2. The molecule has 1 amide bonds. The summed E-state index contributed by atoms with van der Waals surface area (Å²) in [6, 6.07) is 2.02. The van der Waals surface area contributed by atoms with Gasteiger partial charge in [-0.25, -0.2) is 4.98 Å². The number of aromatic amines is 1. The number of aryl methyl sites for hydroxylation is 3. The van der Waals surface area contributed by atoms with Gasteiger partial charge in [0.05, 0.1) is 5.69 Å². The Morgan fingerprint density at radius 2 is 2.22 bits per heavy atom. The van der Waals surface area contributed by atoms with Gasteiger partial charge < -0.3 is 10.3 Å². The van der Waals surface area contributed by atoms with Crippen LogP contribution >= 0.6 is 0 Å². The van der Waals surface area contributed by atoms with Crippen LogP contribution in [-0.2, 0) is 6.54 Å². The number of amides is 1. The topological polar surface area (TPSA) is 92.7 Å². The Kier molecular flexibility index (Phi) is 4.27. The van der Waals surface area contributed by atoms with Crippen LogP contribution in [0.25, 0.3) is 0 Å². The van der Waals surface area contributed by atoms with Crippen LogP contribution in [0.15, 0.2) is 17.1 Å². The lowest BCUT2D eigenvalue weighted by Gasteiger charge is -2.07. The van der Waals surface area contributed by atoms with E-state index >= 15 is 0 Å². The SMILES string of the molecule is Cc1cc(C)n(CCCNC(=O)c2cnc(C3CC3)[nH]c2=O)n1. The molecule has 0 atom stereocenters. The third kappa shape index (κ3) is 3.67. The van der Waals surface area contributed by atoms with Gasteiger partial charge in [0.1, 0.15) is 11.4 Å². The van der Waals surface area contributed by atoms with Crippen LogP contribution in [0.1, 0.15) is 52.8 Å². The summed E-state index contributed by atoms with van der Waals surface area (Å²) in [5, 5.41) is 7.13. The van der Waals surface area contributed by atoms with Crippen LogP contribution < -0.4 is 10.9 Å². The molecule has 0 saturated heterocycles. The molecule has 2 N–H and O–H groups in total. The van der Waals surface area contributed by atoms with E-state index in [9.17, 15) is 9.59 Å². The summed E-state index contributed by atoms with van der Waals surface area (Å²) in [5.41, 5.74) is 1.79. The Balaban J connectivity index is 1.51. The van der Waals surface area contributed by atoms with Gasteiger partial charge in [-0.05, 0) is 39.2 Å². The summed E-state index contributed by atoms with van der Waals surface area (Å²) < 4.78 is 1.92. The van der Waals surface area contributed by atoms with Crippen molar-refractivity contribution in [3.8, 4) is 0 Å². The minimum atomic E-state index is -0.380. The average Bonchev–Trinajstić information content (AvgIpc) is 3.29. The molecule has 0 spiro atoms. The van der Waals surface area contributed by atoms with Gasteiger partial charge in [0.2, 0.25) is 0 Å². The molecule has 0 bridgehead atoms. The van der Waals surface area contributed by atoms with Crippen LogP contribution in [0.3, 0.4) is 0 Å². The standard InChI is InChI=1S/C16H21N5O2/c1-10-8-11(2)21(20-10)7-3-6-17-15(22)13-9-18-14(12-4-5-12)19-16(13)23/h8-9,12H,3-7H2,1-2H3,(H,17,22)(H,18,19,23). The molecule has 2 heterocycles. The number of hydrogen-bond acceptors (Lipinski definition) is 4. The fourth-order valence-corrected chi connectivity index (χ4v) is 2.56. The molecule has 0 radical (unpaired) electrons. The highest BCUT2D eigenvalue weighted by Gasteiger charge is 2.26. The number of rotatable bonds is 6. The first-order valence-corrected chi connectivity index (χ1v) is 7.93. The highest BCUT2D eigenvalue weighted by atomic mass is 16.2. The van der Waals surface area contributed by atoms with E-state index in [-0.39, 0.29) is 17.0 Å². The molecule has 122 valence electrons. The molecule has 7 nitrogen and oxygen atoms in total. The zero-order chi connectivity index (χ0) is 16.4. The van der Waals surface area contributed by atoms with Gasteiger partial charge in [-0.3, -0.25) is 14.3 Å². The number of nitrogens with one attached hydrogen (secondary N) is 2. The normalized spacial score (nSPS) is 14.0. The lowest BCUT2D eigenvalue weighted by molar-refractivity contribution is 0.0950. The Morgan fingerprint density at radius 1 is 1.43 bits per heavy atom. The smallest absolute Gasteiger partial charge is 0.263 e.